The number of carbonyl (C=O) groups is 1. The number of hydrogen-bond donors (Lipinski definition) is 1. The fraction of sp³-hybridized carbons (Fsp3) is 0.500. The highest BCUT2D eigenvalue weighted by Crippen LogP contribution is 2.25. The average molecular weight is 263 g/mol. The topological polar surface area (TPSA) is 40.5 Å². The van der Waals surface area contributed by atoms with Crippen molar-refractivity contribution in [1.29, 1.82) is 0 Å². The molecule has 96 valence electrons. The van der Waals surface area contributed by atoms with Crippen LogP contribution in [0.3, 0.4) is 0 Å². The lowest BCUT2D eigenvalue weighted by atomic mass is 9.91. The lowest BCUT2D eigenvalue weighted by Gasteiger charge is -2.34. The Labute approximate surface area is 111 Å². The lowest BCUT2D eigenvalue weighted by molar-refractivity contribution is 0.0652. The van der Waals surface area contributed by atoms with Gasteiger partial charge in [0.25, 0.3) is 5.91 Å². The SMILES string of the molecule is CN(C(=O)c1csc(C#CCCO)c1)C1CCC1. The first-order chi connectivity index (χ1) is 8.72. The predicted octanol–water partition coefficient (Wildman–Crippen LogP) is 2.11. The van der Waals surface area contributed by atoms with E-state index < -0.39 is 0 Å². The molecule has 1 fully saturated rings. The van der Waals surface area contributed by atoms with Crippen molar-refractivity contribution < 1.29 is 9.90 Å². The van der Waals surface area contributed by atoms with Crippen molar-refractivity contribution >= 4 is 17.2 Å². The minimum Gasteiger partial charge on any atom is -0.395 e. The second kappa shape index (κ2) is 6.03. The fourth-order valence-electron chi connectivity index (χ4n) is 1.86. The third-order valence-corrected chi connectivity index (χ3v) is 4.08. The Morgan fingerprint density at radius 2 is 2.39 bits per heavy atom. The summed E-state index contributed by atoms with van der Waals surface area (Å²) in [5.41, 5.74) is 0.725. The van der Waals surface area contributed by atoms with Gasteiger partial charge in [-0.25, -0.2) is 0 Å². The van der Waals surface area contributed by atoms with Gasteiger partial charge in [-0.3, -0.25) is 4.79 Å². The summed E-state index contributed by atoms with van der Waals surface area (Å²) < 4.78 is 0. The molecule has 18 heavy (non-hydrogen) atoms. The number of aliphatic hydroxyl groups excluding tert-OH is 1. The van der Waals surface area contributed by atoms with Gasteiger partial charge < -0.3 is 10.0 Å². The maximum absolute atomic E-state index is 12.2. The Morgan fingerprint density at radius 3 is 3.00 bits per heavy atom. The van der Waals surface area contributed by atoms with E-state index >= 15 is 0 Å². The van der Waals surface area contributed by atoms with Gasteiger partial charge in [0, 0.05) is 24.9 Å². The maximum atomic E-state index is 12.2. The molecule has 0 saturated heterocycles. The van der Waals surface area contributed by atoms with Crippen molar-refractivity contribution in [3.8, 4) is 11.8 Å². The highest BCUT2D eigenvalue weighted by molar-refractivity contribution is 7.10. The van der Waals surface area contributed by atoms with Gasteiger partial charge in [0.2, 0.25) is 0 Å². The van der Waals surface area contributed by atoms with Gasteiger partial charge in [0.05, 0.1) is 17.0 Å². The molecule has 0 atom stereocenters. The normalized spacial score (nSPS) is 14.6. The zero-order chi connectivity index (χ0) is 13.0. The van der Waals surface area contributed by atoms with Gasteiger partial charge in [-0.2, -0.15) is 0 Å². The minimum absolute atomic E-state index is 0.0780. The van der Waals surface area contributed by atoms with Crippen LogP contribution in [0, 0.1) is 11.8 Å². The van der Waals surface area contributed by atoms with Crippen LogP contribution < -0.4 is 0 Å². The number of thiophene rings is 1. The molecule has 0 unspecified atom stereocenters. The van der Waals surface area contributed by atoms with Crippen LogP contribution in [0.2, 0.25) is 0 Å². The first kappa shape index (κ1) is 13.1. The molecule has 1 aromatic rings. The summed E-state index contributed by atoms with van der Waals surface area (Å²) in [5, 5.41) is 10.5. The molecule has 1 amide bonds. The number of amides is 1. The van der Waals surface area contributed by atoms with Crippen LogP contribution in [-0.4, -0.2) is 35.6 Å². The molecular weight excluding hydrogens is 246 g/mol. The van der Waals surface area contributed by atoms with Crippen LogP contribution in [0.15, 0.2) is 11.4 Å². The summed E-state index contributed by atoms with van der Waals surface area (Å²) in [5.74, 6) is 5.91. The zero-order valence-corrected chi connectivity index (χ0v) is 11.3. The molecule has 1 aromatic heterocycles. The predicted molar refractivity (Wildman–Crippen MR) is 72.6 cm³/mol. The summed E-state index contributed by atoms with van der Waals surface area (Å²) in [4.78, 5) is 14.9. The van der Waals surface area contributed by atoms with Gasteiger partial charge in [0.15, 0.2) is 0 Å². The first-order valence-corrected chi connectivity index (χ1v) is 7.05. The van der Waals surface area contributed by atoms with Gasteiger partial charge in [0.1, 0.15) is 0 Å². The Kier molecular flexibility index (Phi) is 4.40. The second-order valence-corrected chi connectivity index (χ2v) is 5.39. The monoisotopic (exact) mass is 263 g/mol. The number of nitrogens with zero attached hydrogens (tertiary/aromatic N) is 1. The molecule has 0 aliphatic heterocycles. The number of aliphatic hydroxyl groups is 1. The summed E-state index contributed by atoms with van der Waals surface area (Å²) in [7, 11) is 1.88. The van der Waals surface area contributed by atoms with E-state index in [1.165, 1.54) is 17.8 Å². The molecule has 1 aliphatic rings. The van der Waals surface area contributed by atoms with Crippen molar-refractivity contribution in [3.05, 3.63) is 21.9 Å². The maximum Gasteiger partial charge on any atom is 0.254 e. The number of hydrogen-bond acceptors (Lipinski definition) is 3. The average Bonchev–Trinajstić information content (AvgIpc) is 2.75. The fourth-order valence-corrected chi connectivity index (χ4v) is 2.61. The summed E-state index contributed by atoms with van der Waals surface area (Å²) in [6.07, 6.45) is 3.94. The summed E-state index contributed by atoms with van der Waals surface area (Å²) in [6.45, 7) is 0.0780. The van der Waals surface area contributed by atoms with E-state index in [0.717, 1.165) is 23.3 Å². The molecule has 0 spiro atoms. The number of rotatable bonds is 3. The molecule has 1 saturated carbocycles. The van der Waals surface area contributed by atoms with Gasteiger partial charge >= 0.3 is 0 Å². The van der Waals surface area contributed by atoms with Crippen molar-refractivity contribution in [2.24, 2.45) is 0 Å². The van der Waals surface area contributed by atoms with E-state index in [9.17, 15) is 4.79 Å². The molecule has 1 N–H and O–H groups in total. The zero-order valence-electron chi connectivity index (χ0n) is 10.5. The second-order valence-electron chi connectivity index (χ2n) is 4.48. The van der Waals surface area contributed by atoms with Gasteiger partial charge in [-0.05, 0) is 25.3 Å². The van der Waals surface area contributed by atoms with Gasteiger partial charge in [-0.15, -0.1) is 11.3 Å². The molecular formula is C14H17NO2S. The Morgan fingerprint density at radius 1 is 1.61 bits per heavy atom. The molecule has 3 nitrogen and oxygen atoms in total. The van der Waals surface area contributed by atoms with Crippen molar-refractivity contribution in [2.75, 3.05) is 13.7 Å². The van der Waals surface area contributed by atoms with Crippen LogP contribution in [0.5, 0.6) is 0 Å². The Balaban J connectivity index is 2.01. The molecule has 0 radical (unpaired) electrons. The molecule has 2 rings (SSSR count). The molecule has 4 heteroatoms. The van der Waals surface area contributed by atoms with E-state index in [2.05, 4.69) is 11.8 Å². The van der Waals surface area contributed by atoms with Crippen LogP contribution in [-0.2, 0) is 0 Å². The molecule has 0 aromatic carbocycles. The third kappa shape index (κ3) is 2.92. The molecule has 1 aliphatic carbocycles. The summed E-state index contributed by atoms with van der Waals surface area (Å²) in [6, 6.07) is 2.26. The highest BCUT2D eigenvalue weighted by Gasteiger charge is 2.26. The van der Waals surface area contributed by atoms with E-state index in [0.29, 0.717) is 12.5 Å². The molecule has 1 heterocycles. The minimum atomic E-state index is 0.0780. The smallest absolute Gasteiger partial charge is 0.254 e. The quantitative estimate of drug-likeness (QED) is 0.848. The lowest BCUT2D eigenvalue weighted by Crippen LogP contribution is -2.41. The van der Waals surface area contributed by atoms with Crippen molar-refractivity contribution in [3.63, 3.8) is 0 Å². The third-order valence-electron chi connectivity index (χ3n) is 3.24. The standard InChI is InChI=1S/C14H17NO2S/c1-15(12-5-4-6-12)14(17)11-9-13(18-10-11)7-2-3-8-16/h9-10,12,16H,3-6,8H2,1H3. The molecule has 0 bridgehead atoms. The van der Waals surface area contributed by atoms with Crippen molar-refractivity contribution in [2.45, 2.75) is 31.7 Å². The highest BCUT2D eigenvalue weighted by atomic mass is 32.1. The van der Waals surface area contributed by atoms with Crippen LogP contribution in [0.1, 0.15) is 40.9 Å². The van der Waals surface area contributed by atoms with Gasteiger partial charge in [-0.1, -0.05) is 11.8 Å². The van der Waals surface area contributed by atoms with Crippen LogP contribution >= 0.6 is 11.3 Å². The summed E-state index contributed by atoms with van der Waals surface area (Å²) >= 11 is 1.48. The van der Waals surface area contributed by atoms with Crippen LogP contribution in [0.4, 0.5) is 0 Å². The Hall–Kier alpha value is -1.31. The van der Waals surface area contributed by atoms with E-state index in [1.54, 1.807) is 0 Å². The van der Waals surface area contributed by atoms with Crippen molar-refractivity contribution in [1.82, 2.24) is 4.90 Å². The Bertz CT molecular complexity index is 479. The first-order valence-electron chi connectivity index (χ1n) is 6.18. The van der Waals surface area contributed by atoms with E-state index in [4.69, 9.17) is 5.11 Å². The largest absolute Gasteiger partial charge is 0.395 e. The van der Waals surface area contributed by atoms with E-state index in [-0.39, 0.29) is 12.5 Å². The van der Waals surface area contributed by atoms with Crippen LogP contribution in [0.25, 0.3) is 0 Å². The van der Waals surface area contributed by atoms with E-state index in [1.807, 2.05) is 23.4 Å². The number of carbonyl (C=O) groups excluding carboxylic acids is 1.